The molecule has 1 N–H and O–H groups in total. The van der Waals surface area contributed by atoms with E-state index in [0.29, 0.717) is 12.0 Å². The molecule has 1 fully saturated rings. The number of halogens is 1. The summed E-state index contributed by atoms with van der Waals surface area (Å²) >= 11 is 0. The van der Waals surface area contributed by atoms with Gasteiger partial charge in [-0.1, -0.05) is 24.3 Å². The molecule has 0 saturated carbocycles. The summed E-state index contributed by atoms with van der Waals surface area (Å²) in [7, 11) is 2.14. The summed E-state index contributed by atoms with van der Waals surface area (Å²) in [5, 5.41) is 3.45. The van der Waals surface area contributed by atoms with Gasteiger partial charge < -0.3 is 15.0 Å². The van der Waals surface area contributed by atoms with E-state index in [1.54, 1.807) is 0 Å². The lowest BCUT2D eigenvalue weighted by Crippen LogP contribution is -2.43. The van der Waals surface area contributed by atoms with Crippen molar-refractivity contribution in [3.8, 4) is 0 Å². The predicted molar refractivity (Wildman–Crippen MR) is 123 cm³/mol. The highest BCUT2D eigenvalue weighted by atomic mass is 127. The molecule has 0 aliphatic carbocycles. The van der Waals surface area contributed by atoms with Gasteiger partial charge in [-0.3, -0.25) is 9.89 Å². The number of guanidine groups is 1. The van der Waals surface area contributed by atoms with Gasteiger partial charge in [0.15, 0.2) is 5.96 Å². The van der Waals surface area contributed by atoms with E-state index in [4.69, 9.17) is 9.73 Å². The van der Waals surface area contributed by atoms with Crippen LogP contribution in [0.15, 0.2) is 29.3 Å². The van der Waals surface area contributed by atoms with Crippen molar-refractivity contribution in [3.05, 3.63) is 35.4 Å². The van der Waals surface area contributed by atoms with Crippen LogP contribution in [0, 0.1) is 5.92 Å². The van der Waals surface area contributed by atoms with Crippen LogP contribution in [0.2, 0.25) is 0 Å². The van der Waals surface area contributed by atoms with E-state index in [1.165, 1.54) is 11.1 Å². The summed E-state index contributed by atoms with van der Waals surface area (Å²) in [5.74, 6) is 1.64. The molecule has 1 saturated heterocycles. The molecule has 2 atom stereocenters. The van der Waals surface area contributed by atoms with Crippen LogP contribution in [0.4, 0.5) is 0 Å². The Labute approximate surface area is 181 Å². The Morgan fingerprint density at radius 2 is 2.15 bits per heavy atom. The lowest BCUT2D eigenvalue weighted by atomic mass is 9.99. The minimum Gasteiger partial charge on any atom is -0.381 e. The summed E-state index contributed by atoms with van der Waals surface area (Å²) in [5.41, 5.74) is 2.98. The van der Waals surface area contributed by atoms with E-state index in [1.807, 2.05) is 0 Å². The monoisotopic (exact) mass is 486 g/mol. The molecule has 2 unspecified atom stereocenters. The van der Waals surface area contributed by atoms with Crippen molar-refractivity contribution in [2.24, 2.45) is 10.9 Å². The molecule has 6 heteroatoms. The topological polar surface area (TPSA) is 40.1 Å². The fourth-order valence-corrected chi connectivity index (χ4v) is 3.90. The number of ether oxygens (including phenoxy) is 1. The summed E-state index contributed by atoms with van der Waals surface area (Å²) in [4.78, 5) is 9.76. The summed E-state index contributed by atoms with van der Waals surface area (Å²) in [6, 6.07) is 9.27. The quantitative estimate of drug-likeness (QED) is 0.382. The lowest BCUT2D eigenvalue weighted by molar-refractivity contribution is 0.181. The van der Waals surface area contributed by atoms with Crippen LogP contribution in [0.3, 0.4) is 0 Å². The summed E-state index contributed by atoms with van der Waals surface area (Å²) < 4.78 is 5.51. The average Bonchev–Trinajstić information content (AvgIpc) is 3.17. The van der Waals surface area contributed by atoms with Gasteiger partial charge in [0.25, 0.3) is 0 Å². The minimum absolute atomic E-state index is 0. The van der Waals surface area contributed by atoms with Crippen LogP contribution in [0.5, 0.6) is 0 Å². The average molecular weight is 486 g/mol. The Balaban J connectivity index is 0.00000261. The number of benzene rings is 1. The highest BCUT2D eigenvalue weighted by Crippen LogP contribution is 2.20. The zero-order valence-corrected chi connectivity index (χ0v) is 19.3. The van der Waals surface area contributed by atoms with Crippen molar-refractivity contribution < 1.29 is 4.74 Å². The van der Waals surface area contributed by atoms with Crippen molar-refractivity contribution in [2.45, 2.75) is 39.3 Å². The Morgan fingerprint density at radius 1 is 1.37 bits per heavy atom. The maximum absolute atomic E-state index is 5.51. The molecule has 152 valence electrons. The minimum atomic E-state index is 0. The standard InChI is InChI=1S/C21H34N4O.HI/c1-4-22-21(24(3)14-18-10-12-26-16-18)23-13-17(2)25-11-9-19-7-5-6-8-20(19)15-25;/h5-8,17-18H,4,9-16H2,1-3H3,(H,22,23);1H. The number of aliphatic imine (C=N–C) groups is 1. The maximum Gasteiger partial charge on any atom is 0.193 e. The summed E-state index contributed by atoms with van der Waals surface area (Å²) in [6.45, 7) is 11.1. The van der Waals surface area contributed by atoms with Gasteiger partial charge in [-0.2, -0.15) is 0 Å². The molecule has 1 aromatic rings. The van der Waals surface area contributed by atoms with Crippen LogP contribution in [-0.2, 0) is 17.7 Å². The third-order valence-corrected chi connectivity index (χ3v) is 5.54. The smallest absolute Gasteiger partial charge is 0.193 e. The normalized spacial score (nSPS) is 21.3. The first-order valence-corrected chi connectivity index (χ1v) is 10.1. The van der Waals surface area contributed by atoms with Gasteiger partial charge in [0.1, 0.15) is 0 Å². The fourth-order valence-electron chi connectivity index (χ4n) is 3.90. The van der Waals surface area contributed by atoms with Crippen LogP contribution in [0.25, 0.3) is 0 Å². The van der Waals surface area contributed by atoms with Crippen molar-refractivity contribution >= 4 is 29.9 Å². The number of hydrogen-bond acceptors (Lipinski definition) is 3. The number of fused-ring (bicyclic) bond motifs is 1. The second kappa shape index (κ2) is 11.2. The Hall–Kier alpha value is -0.860. The van der Waals surface area contributed by atoms with Gasteiger partial charge in [-0.05, 0) is 37.8 Å². The highest BCUT2D eigenvalue weighted by Gasteiger charge is 2.21. The Morgan fingerprint density at radius 3 is 2.85 bits per heavy atom. The fraction of sp³-hybridized carbons (Fsp3) is 0.667. The molecule has 5 nitrogen and oxygen atoms in total. The molecule has 3 rings (SSSR count). The molecule has 0 bridgehead atoms. The van der Waals surface area contributed by atoms with E-state index < -0.39 is 0 Å². The molecule has 27 heavy (non-hydrogen) atoms. The molecule has 2 aliphatic rings. The van der Waals surface area contributed by atoms with E-state index >= 15 is 0 Å². The Bertz CT molecular complexity index is 604. The second-order valence-corrected chi connectivity index (χ2v) is 7.64. The molecule has 2 heterocycles. The number of nitrogens with one attached hydrogen (secondary N) is 1. The summed E-state index contributed by atoms with van der Waals surface area (Å²) in [6.07, 6.45) is 2.30. The third-order valence-electron chi connectivity index (χ3n) is 5.54. The number of hydrogen-bond donors (Lipinski definition) is 1. The number of nitrogens with zero attached hydrogens (tertiary/aromatic N) is 3. The van der Waals surface area contributed by atoms with Gasteiger partial charge in [0.05, 0.1) is 13.2 Å². The van der Waals surface area contributed by atoms with Gasteiger partial charge in [0, 0.05) is 51.8 Å². The highest BCUT2D eigenvalue weighted by molar-refractivity contribution is 14.0. The van der Waals surface area contributed by atoms with Gasteiger partial charge in [-0.15, -0.1) is 24.0 Å². The molecule has 0 radical (unpaired) electrons. The lowest BCUT2D eigenvalue weighted by Gasteiger charge is -2.33. The first-order chi connectivity index (χ1) is 12.7. The van der Waals surface area contributed by atoms with E-state index in [0.717, 1.165) is 64.7 Å². The van der Waals surface area contributed by atoms with Crippen molar-refractivity contribution in [2.75, 3.05) is 46.4 Å². The molecular weight excluding hydrogens is 451 g/mol. The Kier molecular flexibility index (Phi) is 9.32. The second-order valence-electron chi connectivity index (χ2n) is 7.64. The zero-order chi connectivity index (χ0) is 18.4. The first-order valence-electron chi connectivity index (χ1n) is 10.1. The predicted octanol–water partition coefficient (Wildman–Crippen LogP) is 2.99. The van der Waals surface area contributed by atoms with E-state index in [9.17, 15) is 0 Å². The van der Waals surface area contributed by atoms with Crippen LogP contribution < -0.4 is 5.32 Å². The van der Waals surface area contributed by atoms with Crippen LogP contribution in [-0.4, -0.2) is 68.2 Å². The molecule has 0 aromatic heterocycles. The largest absolute Gasteiger partial charge is 0.381 e. The first kappa shape index (κ1) is 22.4. The van der Waals surface area contributed by atoms with E-state index in [2.05, 4.69) is 60.3 Å². The van der Waals surface area contributed by atoms with Gasteiger partial charge in [0.2, 0.25) is 0 Å². The maximum atomic E-state index is 5.51. The third kappa shape index (κ3) is 6.32. The van der Waals surface area contributed by atoms with Crippen LogP contribution in [0.1, 0.15) is 31.4 Å². The molecular formula is C21H35IN4O. The van der Waals surface area contributed by atoms with Crippen molar-refractivity contribution in [1.29, 1.82) is 0 Å². The molecule has 0 spiro atoms. The van der Waals surface area contributed by atoms with Gasteiger partial charge >= 0.3 is 0 Å². The SMILES string of the molecule is CCNC(=NCC(C)N1CCc2ccccc2C1)N(C)CC1CCOC1.I. The zero-order valence-electron chi connectivity index (χ0n) is 17.0. The number of rotatable bonds is 6. The van der Waals surface area contributed by atoms with Crippen molar-refractivity contribution in [1.82, 2.24) is 15.1 Å². The van der Waals surface area contributed by atoms with E-state index in [-0.39, 0.29) is 24.0 Å². The van der Waals surface area contributed by atoms with Gasteiger partial charge in [-0.25, -0.2) is 0 Å². The van der Waals surface area contributed by atoms with Crippen LogP contribution >= 0.6 is 24.0 Å². The molecule has 2 aliphatic heterocycles. The molecule has 1 aromatic carbocycles. The molecule has 0 amide bonds. The van der Waals surface area contributed by atoms with Crippen molar-refractivity contribution in [3.63, 3.8) is 0 Å².